The highest BCUT2D eigenvalue weighted by Gasteiger charge is 2.18. The van der Waals surface area contributed by atoms with Crippen molar-refractivity contribution in [2.45, 2.75) is 353 Å². The Bertz CT molecular complexity index is 1230. The van der Waals surface area contributed by atoms with Crippen molar-refractivity contribution >= 4 is 11.9 Å². The van der Waals surface area contributed by atoms with Crippen LogP contribution in [-0.2, 0) is 14.3 Å². The van der Waals surface area contributed by atoms with Gasteiger partial charge in [-0.25, -0.2) is 0 Å². The van der Waals surface area contributed by atoms with E-state index in [1.165, 1.54) is 263 Å². The van der Waals surface area contributed by atoms with Gasteiger partial charge in [-0.2, -0.15) is 0 Å². The molecule has 1 amide bonds. The van der Waals surface area contributed by atoms with Gasteiger partial charge in [0.25, 0.3) is 0 Å². The van der Waals surface area contributed by atoms with Crippen LogP contribution in [0.25, 0.3) is 0 Å². The van der Waals surface area contributed by atoms with Crippen molar-refractivity contribution in [1.29, 1.82) is 0 Å². The molecule has 73 heavy (non-hydrogen) atoms. The number of amides is 1. The number of allylic oxidation sites excluding steroid dienone is 7. The van der Waals surface area contributed by atoms with Crippen LogP contribution < -0.4 is 5.32 Å². The quantitative estimate of drug-likeness (QED) is 0.0320. The maximum atomic E-state index is 12.4. The summed E-state index contributed by atoms with van der Waals surface area (Å²) in [6, 6.07) is -0.627. The van der Waals surface area contributed by atoms with Crippen LogP contribution in [0, 0.1) is 0 Å². The Morgan fingerprint density at radius 2 is 0.685 bits per heavy atom. The SMILES string of the molecule is CCCCCCCC/C=C\CCCCCCCCCC(=O)OCCCCCCCCCCC/C=C\C/C=C\CCCCCCCCCCCCCCCC(=O)NC(CO)C(O)/C=C/CCCCCCCCCC. The van der Waals surface area contributed by atoms with Gasteiger partial charge < -0.3 is 20.3 Å². The van der Waals surface area contributed by atoms with Crippen LogP contribution in [0.5, 0.6) is 0 Å². The Morgan fingerprint density at radius 1 is 0.384 bits per heavy atom. The average Bonchev–Trinajstić information content (AvgIpc) is 3.39. The number of aliphatic hydroxyl groups excluding tert-OH is 2. The van der Waals surface area contributed by atoms with Crippen LogP contribution in [-0.4, -0.2) is 47.4 Å². The molecule has 6 nitrogen and oxygen atoms in total. The number of esters is 1. The zero-order valence-corrected chi connectivity index (χ0v) is 48.9. The van der Waals surface area contributed by atoms with Gasteiger partial charge in [0.1, 0.15) is 0 Å². The van der Waals surface area contributed by atoms with Crippen LogP contribution in [0.3, 0.4) is 0 Å². The third-order valence-electron chi connectivity index (χ3n) is 14.8. The predicted molar refractivity (Wildman–Crippen MR) is 319 cm³/mol. The van der Waals surface area contributed by atoms with E-state index < -0.39 is 12.1 Å². The average molecular weight is 1020 g/mol. The Balaban J connectivity index is 3.39. The third-order valence-corrected chi connectivity index (χ3v) is 14.8. The number of carbonyl (C=O) groups is 2. The molecular weight excluding hydrogens is 899 g/mol. The lowest BCUT2D eigenvalue weighted by Crippen LogP contribution is -2.45. The smallest absolute Gasteiger partial charge is 0.305 e. The van der Waals surface area contributed by atoms with Gasteiger partial charge in [0.15, 0.2) is 0 Å². The lowest BCUT2D eigenvalue weighted by atomic mass is 10.0. The van der Waals surface area contributed by atoms with E-state index in [9.17, 15) is 19.8 Å². The molecule has 0 saturated carbocycles. The predicted octanol–water partition coefficient (Wildman–Crippen LogP) is 20.5. The van der Waals surface area contributed by atoms with Crippen molar-refractivity contribution in [2.24, 2.45) is 0 Å². The highest BCUT2D eigenvalue weighted by atomic mass is 16.5. The molecule has 6 heteroatoms. The first kappa shape index (κ1) is 70.8. The minimum absolute atomic E-state index is 0.00809. The summed E-state index contributed by atoms with van der Waals surface area (Å²) in [6.45, 7) is 4.88. The van der Waals surface area contributed by atoms with Crippen molar-refractivity contribution in [3.05, 3.63) is 48.6 Å². The van der Waals surface area contributed by atoms with Gasteiger partial charge in [0.05, 0.1) is 25.4 Å². The monoisotopic (exact) mass is 1020 g/mol. The minimum Gasteiger partial charge on any atom is -0.466 e. The molecule has 0 heterocycles. The molecule has 0 aliphatic heterocycles. The van der Waals surface area contributed by atoms with Crippen molar-refractivity contribution in [3.63, 3.8) is 0 Å². The van der Waals surface area contributed by atoms with E-state index in [4.69, 9.17) is 4.74 Å². The second kappa shape index (κ2) is 62.4. The molecule has 0 aromatic rings. The summed E-state index contributed by atoms with van der Waals surface area (Å²) in [5, 5.41) is 23.0. The molecule has 0 spiro atoms. The summed E-state index contributed by atoms with van der Waals surface area (Å²) in [5.74, 6) is -0.0626. The van der Waals surface area contributed by atoms with E-state index >= 15 is 0 Å². The van der Waals surface area contributed by atoms with Crippen LogP contribution in [0.4, 0.5) is 0 Å². The zero-order valence-electron chi connectivity index (χ0n) is 48.9. The summed E-state index contributed by atoms with van der Waals surface area (Å²) in [6.07, 6.45) is 80.3. The maximum absolute atomic E-state index is 12.4. The van der Waals surface area contributed by atoms with E-state index in [1.807, 2.05) is 6.08 Å². The normalized spacial score (nSPS) is 12.9. The summed E-state index contributed by atoms with van der Waals surface area (Å²) >= 11 is 0. The highest BCUT2D eigenvalue weighted by Crippen LogP contribution is 2.17. The molecule has 0 fully saturated rings. The van der Waals surface area contributed by atoms with Crippen LogP contribution >= 0.6 is 0 Å². The number of nitrogens with one attached hydrogen (secondary N) is 1. The first-order chi connectivity index (χ1) is 36.0. The van der Waals surface area contributed by atoms with Crippen LogP contribution in [0.1, 0.15) is 341 Å². The van der Waals surface area contributed by atoms with Gasteiger partial charge in [-0.3, -0.25) is 9.59 Å². The largest absolute Gasteiger partial charge is 0.466 e. The number of ether oxygens (including phenoxy) is 1. The van der Waals surface area contributed by atoms with E-state index in [2.05, 4.69) is 55.6 Å². The molecule has 2 unspecified atom stereocenters. The first-order valence-electron chi connectivity index (χ1n) is 32.4. The number of rotatable bonds is 60. The summed E-state index contributed by atoms with van der Waals surface area (Å²) in [5.41, 5.74) is 0. The lowest BCUT2D eigenvalue weighted by molar-refractivity contribution is -0.143. The van der Waals surface area contributed by atoms with Gasteiger partial charge in [0, 0.05) is 12.8 Å². The Morgan fingerprint density at radius 3 is 1.05 bits per heavy atom. The minimum atomic E-state index is -0.844. The van der Waals surface area contributed by atoms with Crippen LogP contribution in [0.2, 0.25) is 0 Å². The first-order valence-corrected chi connectivity index (χ1v) is 32.4. The van der Waals surface area contributed by atoms with Gasteiger partial charge in [0.2, 0.25) is 5.91 Å². The number of unbranched alkanes of at least 4 members (excludes halogenated alkanes) is 43. The van der Waals surface area contributed by atoms with Crippen LogP contribution in [0.15, 0.2) is 48.6 Å². The highest BCUT2D eigenvalue weighted by molar-refractivity contribution is 5.76. The number of aliphatic hydroxyl groups is 2. The molecule has 0 aromatic heterocycles. The second-order valence-electron chi connectivity index (χ2n) is 22.1. The van der Waals surface area contributed by atoms with Gasteiger partial charge >= 0.3 is 5.97 Å². The van der Waals surface area contributed by atoms with E-state index in [0.29, 0.717) is 19.4 Å². The molecular formula is C67H125NO5. The second-order valence-corrected chi connectivity index (χ2v) is 22.1. The molecule has 0 rings (SSSR count). The molecule has 0 aromatic carbocycles. The molecule has 428 valence electrons. The molecule has 3 N–H and O–H groups in total. The maximum Gasteiger partial charge on any atom is 0.305 e. The van der Waals surface area contributed by atoms with Gasteiger partial charge in [-0.05, 0) is 89.9 Å². The standard InChI is InChI=1S/C67H125NO5/c1-3-5-7-9-11-13-15-16-17-31-35-38-41-45-49-53-57-61-67(72)73-62-58-54-50-46-42-39-36-33-30-28-26-24-22-20-18-19-21-23-25-27-29-32-34-37-40-44-48-52-56-60-66(71)68-64(63-69)65(70)59-55-51-47-43-14-12-10-8-6-4-2/h16-18,20,24,26,55,59,64-65,69-70H,3-15,19,21-23,25,27-54,56-58,60-63H2,1-2H3,(H,68,71)/b17-16-,20-18-,26-24-,59-55+. The van der Waals surface area contributed by atoms with Crippen molar-refractivity contribution in [1.82, 2.24) is 5.32 Å². The number of hydrogen-bond donors (Lipinski definition) is 3. The van der Waals surface area contributed by atoms with Crippen molar-refractivity contribution in [2.75, 3.05) is 13.2 Å². The third kappa shape index (κ3) is 58.9. The van der Waals surface area contributed by atoms with E-state index in [-0.39, 0.29) is 18.5 Å². The molecule has 2 atom stereocenters. The topological polar surface area (TPSA) is 95.9 Å². The summed E-state index contributed by atoms with van der Waals surface area (Å²) in [7, 11) is 0. The van der Waals surface area contributed by atoms with Crippen molar-refractivity contribution < 1.29 is 24.5 Å². The fourth-order valence-electron chi connectivity index (χ4n) is 9.84. The summed E-state index contributed by atoms with van der Waals surface area (Å²) < 4.78 is 5.49. The lowest BCUT2D eigenvalue weighted by Gasteiger charge is -2.20. The zero-order chi connectivity index (χ0) is 52.9. The van der Waals surface area contributed by atoms with Gasteiger partial charge in [-0.1, -0.05) is 287 Å². The molecule has 0 saturated heterocycles. The van der Waals surface area contributed by atoms with Gasteiger partial charge in [-0.15, -0.1) is 0 Å². The Kier molecular flexibility index (Phi) is 60.5. The molecule has 0 bridgehead atoms. The Hall–Kier alpha value is -2.18. The molecule has 0 aliphatic carbocycles. The van der Waals surface area contributed by atoms with E-state index in [0.717, 1.165) is 51.4 Å². The Labute approximate surface area is 455 Å². The van der Waals surface area contributed by atoms with E-state index in [1.54, 1.807) is 6.08 Å². The fraction of sp³-hybridized carbons (Fsp3) is 0.851. The number of hydrogen-bond acceptors (Lipinski definition) is 5. The molecule has 0 aliphatic rings. The number of carbonyl (C=O) groups excluding carboxylic acids is 2. The summed E-state index contributed by atoms with van der Waals surface area (Å²) in [4.78, 5) is 24.5. The fourth-order valence-corrected chi connectivity index (χ4v) is 9.84. The van der Waals surface area contributed by atoms with Crippen molar-refractivity contribution in [3.8, 4) is 0 Å². The molecule has 0 radical (unpaired) electrons.